The molecule has 1 aromatic rings. The Hall–Kier alpha value is -1.26. The van der Waals surface area contributed by atoms with Gasteiger partial charge in [-0.1, -0.05) is 0 Å². The van der Waals surface area contributed by atoms with Crippen LogP contribution in [0.1, 0.15) is 24.4 Å². The fourth-order valence-electron chi connectivity index (χ4n) is 2.14. The number of ether oxygens (including phenoxy) is 2. The maximum atomic E-state index is 9.43. The van der Waals surface area contributed by atoms with Crippen LogP contribution in [0.5, 0.6) is 11.5 Å². The van der Waals surface area contributed by atoms with Crippen LogP contribution in [0.15, 0.2) is 18.2 Å². The van der Waals surface area contributed by atoms with Gasteiger partial charge in [-0.2, -0.15) is 0 Å². The van der Waals surface area contributed by atoms with Gasteiger partial charge in [-0.15, -0.1) is 0 Å². The molecule has 0 aliphatic heterocycles. The van der Waals surface area contributed by atoms with Crippen LogP contribution in [0.3, 0.4) is 0 Å². The van der Waals surface area contributed by atoms with E-state index < -0.39 is 0 Å². The first kappa shape index (κ1) is 12.2. The van der Waals surface area contributed by atoms with Crippen LogP contribution in [-0.4, -0.2) is 25.9 Å². The Labute approximate surface area is 101 Å². The lowest BCUT2D eigenvalue weighted by Crippen LogP contribution is -2.26. The number of hydrogen-bond acceptors (Lipinski definition) is 4. The summed E-state index contributed by atoms with van der Waals surface area (Å²) < 4.78 is 10.5. The summed E-state index contributed by atoms with van der Waals surface area (Å²) in [6, 6.07) is 5.37. The van der Waals surface area contributed by atoms with Crippen LogP contribution in [0.25, 0.3) is 0 Å². The molecule has 3 N–H and O–H groups in total. The first-order chi connectivity index (χ1) is 8.16. The van der Waals surface area contributed by atoms with E-state index in [1.54, 1.807) is 14.2 Å². The number of rotatable bonds is 5. The van der Waals surface area contributed by atoms with Crippen molar-refractivity contribution in [3.05, 3.63) is 23.8 Å². The molecule has 1 aliphatic carbocycles. The quantitative estimate of drug-likeness (QED) is 0.814. The summed E-state index contributed by atoms with van der Waals surface area (Å²) in [5.74, 6) is 1.50. The standard InChI is InChI=1S/C13H19NO3/c1-16-9-3-4-11(17-2)10(7-9)12(14)13(8-15)5-6-13/h3-4,7,12,15H,5-6,8,14H2,1-2H3. The van der Waals surface area contributed by atoms with E-state index in [1.807, 2.05) is 18.2 Å². The van der Waals surface area contributed by atoms with Gasteiger partial charge in [0.2, 0.25) is 0 Å². The van der Waals surface area contributed by atoms with Crippen molar-refractivity contribution in [1.29, 1.82) is 0 Å². The zero-order valence-electron chi connectivity index (χ0n) is 10.3. The van der Waals surface area contributed by atoms with E-state index in [0.29, 0.717) is 0 Å². The summed E-state index contributed by atoms with van der Waals surface area (Å²) >= 11 is 0. The largest absolute Gasteiger partial charge is 0.497 e. The lowest BCUT2D eigenvalue weighted by molar-refractivity contribution is 0.186. The van der Waals surface area contributed by atoms with Gasteiger partial charge in [0.15, 0.2) is 0 Å². The molecule has 4 heteroatoms. The maximum absolute atomic E-state index is 9.43. The average Bonchev–Trinajstić information content (AvgIpc) is 3.18. The molecule has 1 atom stereocenters. The van der Waals surface area contributed by atoms with Crippen molar-refractivity contribution in [3.8, 4) is 11.5 Å². The van der Waals surface area contributed by atoms with Crippen molar-refractivity contribution < 1.29 is 14.6 Å². The second kappa shape index (κ2) is 4.55. The topological polar surface area (TPSA) is 64.7 Å². The van der Waals surface area contributed by atoms with Crippen LogP contribution in [-0.2, 0) is 0 Å². The Morgan fingerprint density at radius 2 is 2.06 bits per heavy atom. The van der Waals surface area contributed by atoms with Crippen LogP contribution >= 0.6 is 0 Å². The highest BCUT2D eigenvalue weighted by atomic mass is 16.5. The number of benzene rings is 1. The number of nitrogens with two attached hydrogens (primary N) is 1. The van der Waals surface area contributed by atoms with Gasteiger partial charge in [-0.25, -0.2) is 0 Å². The minimum atomic E-state index is -0.211. The maximum Gasteiger partial charge on any atom is 0.123 e. The molecular weight excluding hydrogens is 218 g/mol. The van der Waals surface area contributed by atoms with E-state index in [4.69, 9.17) is 15.2 Å². The molecule has 17 heavy (non-hydrogen) atoms. The summed E-state index contributed by atoms with van der Waals surface area (Å²) in [5.41, 5.74) is 6.98. The van der Waals surface area contributed by atoms with Crippen LogP contribution in [0, 0.1) is 5.41 Å². The summed E-state index contributed by atoms with van der Waals surface area (Å²) in [4.78, 5) is 0. The number of aliphatic hydroxyl groups excluding tert-OH is 1. The molecule has 1 unspecified atom stereocenters. The zero-order valence-corrected chi connectivity index (χ0v) is 10.3. The fraction of sp³-hybridized carbons (Fsp3) is 0.538. The number of aliphatic hydroxyl groups is 1. The van der Waals surface area contributed by atoms with E-state index in [1.165, 1.54) is 0 Å². The molecule has 1 saturated carbocycles. The first-order valence-corrected chi connectivity index (χ1v) is 5.75. The van der Waals surface area contributed by atoms with Gasteiger partial charge in [-0.3, -0.25) is 0 Å². The minimum Gasteiger partial charge on any atom is -0.497 e. The monoisotopic (exact) mass is 237 g/mol. The van der Waals surface area contributed by atoms with Crippen LogP contribution in [0.2, 0.25) is 0 Å². The Kier molecular flexibility index (Phi) is 3.26. The molecule has 0 amide bonds. The van der Waals surface area contributed by atoms with Crippen molar-refractivity contribution >= 4 is 0 Å². The molecule has 1 aromatic carbocycles. The van der Waals surface area contributed by atoms with E-state index >= 15 is 0 Å². The lowest BCUT2D eigenvalue weighted by Gasteiger charge is -2.23. The Balaban J connectivity index is 2.35. The van der Waals surface area contributed by atoms with E-state index in [-0.39, 0.29) is 18.1 Å². The van der Waals surface area contributed by atoms with Gasteiger partial charge in [0.25, 0.3) is 0 Å². The first-order valence-electron chi connectivity index (χ1n) is 5.75. The second-order valence-corrected chi connectivity index (χ2v) is 4.61. The fourth-order valence-corrected chi connectivity index (χ4v) is 2.14. The molecule has 0 heterocycles. The summed E-state index contributed by atoms with van der Waals surface area (Å²) in [5, 5.41) is 9.43. The molecule has 0 saturated heterocycles. The molecule has 0 radical (unpaired) electrons. The smallest absolute Gasteiger partial charge is 0.123 e. The predicted molar refractivity (Wildman–Crippen MR) is 65.2 cm³/mol. The number of methoxy groups -OCH3 is 2. The molecule has 94 valence electrons. The lowest BCUT2D eigenvalue weighted by atomic mass is 9.91. The SMILES string of the molecule is COc1ccc(OC)c(C(N)C2(CO)CC2)c1. The van der Waals surface area contributed by atoms with Crippen LogP contribution < -0.4 is 15.2 Å². The minimum absolute atomic E-state index is 0.120. The van der Waals surface area contributed by atoms with Crippen LogP contribution in [0.4, 0.5) is 0 Å². The molecule has 0 bridgehead atoms. The Bertz CT molecular complexity index is 402. The summed E-state index contributed by atoms with van der Waals surface area (Å²) in [7, 11) is 3.24. The highest BCUT2D eigenvalue weighted by Crippen LogP contribution is 2.54. The van der Waals surface area contributed by atoms with Gasteiger partial charge in [-0.05, 0) is 31.0 Å². The molecule has 0 aromatic heterocycles. The second-order valence-electron chi connectivity index (χ2n) is 4.61. The van der Waals surface area contributed by atoms with Crippen molar-refractivity contribution in [3.63, 3.8) is 0 Å². The van der Waals surface area contributed by atoms with Gasteiger partial charge >= 0.3 is 0 Å². The van der Waals surface area contributed by atoms with E-state index in [2.05, 4.69) is 0 Å². The third-order valence-corrected chi connectivity index (χ3v) is 3.64. The molecule has 2 rings (SSSR count). The predicted octanol–water partition coefficient (Wildman–Crippen LogP) is 1.48. The van der Waals surface area contributed by atoms with Crippen molar-refractivity contribution in [2.75, 3.05) is 20.8 Å². The number of hydrogen-bond donors (Lipinski definition) is 2. The van der Waals surface area contributed by atoms with Crippen molar-refractivity contribution in [2.24, 2.45) is 11.1 Å². The third kappa shape index (κ3) is 2.10. The Morgan fingerprint density at radius 3 is 2.53 bits per heavy atom. The molecular formula is C13H19NO3. The van der Waals surface area contributed by atoms with Crippen molar-refractivity contribution in [1.82, 2.24) is 0 Å². The molecule has 1 fully saturated rings. The third-order valence-electron chi connectivity index (χ3n) is 3.64. The molecule has 4 nitrogen and oxygen atoms in total. The molecule has 1 aliphatic rings. The van der Waals surface area contributed by atoms with Gasteiger partial charge in [0, 0.05) is 17.0 Å². The van der Waals surface area contributed by atoms with Crippen molar-refractivity contribution in [2.45, 2.75) is 18.9 Å². The Morgan fingerprint density at radius 1 is 1.35 bits per heavy atom. The summed E-state index contributed by atoms with van der Waals surface area (Å²) in [6.07, 6.45) is 1.93. The zero-order chi connectivity index (χ0) is 12.5. The van der Waals surface area contributed by atoms with E-state index in [9.17, 15) is 5.11 Å². The normalized spacial score (nSPS) is 18.6. The molecule has 0 spiro atoms. The summed E-state index contributed by atoms with van der Waals surface area (Å²) in [6.45, 7) is 0.120. The van der Waals surface area contributed by atoms with Gasteiger partial charge in [0.1, 0.15) is 11.5 Å². The highest BCUT2D eigenvalue weighted by Gasteiger charge is 2.48. The van der Waals surface area contributed by atoms with Gasteiger partial charge in [0.05, 0.1) is 20.8 Å². The van der Waals surface area contributed by atoms with Gasteiger partial charge < -0.3 is 20.3 Å². The van der Waals surface area contributed by atoms with E-state index in [0.717, 1.165) is 29.9 Å². The highest BCUT2D eigenvalue weighted by molar-refractivity contribution is 5.43. The average molecular weight is 237 g/mol.